The molecule has 0 saturated carbocycles. The molecule has 0 saturated heterocycles. The summed E-state index contributed by atoms with van der Waals surface area (Å²) in [6.45, 7) is 11.1. The molecule has 0 rings (SSSR count). The van der Waals surface area contributed by atoms with Gasteiger partial charge < -0.3 is 13.1 Å². The topological polar surface area (TPSA) is 21.7 Å². The lowest BCUT2D eigenvalue weighted by atomic mass is 11.0. The van der Waals surface area contributed by atoms with Crippen LogP contribution in [0.1, 0.15) is 0 Å². The third kappa shape index (κ3) is 10.0. The lowest BCUT2D eigenvalue weighted by molar-refractivity contribution is 0.491. The van der Waals surface area contributed by atoms with Gasteiger partial charge in [0, 0.05) is 0 Å². The van der Waals surface area contributed by atoms with Crippen LogP contribution in [-0.2, 0) is 8.23 Å². The summed E-state index contributed by atoms with van der Waals surface area (Å²) in [7, 11) is 3.95. The van der Waals surface area contributed by atoms with Crippen LogP contribution in [-0.4, -0.2) is 54.9 Å². The molecule has 0 atom stereocenters. The molecule has 88 valence electrons. The van der Waals surface area contributed by atoms with Crippen LogP contribution < -0.4 is 0 Å². The van der Waals surface area contributed by atoms with Crippen molar-refractivity contribution in [2.75, 3.05) is 21.1 Å². The molecule has 0 heterocycles. The second-order valence-corrected chi connectivity index (χ2v) is 9.99. The van der Waals surface area contributed by atoms with Gasteiger partial charge in [-0.3, -0.25) is 0 Å². The smallest absolute Gasteiger partial charge is 0.283 e. The first-order chi connectivity index (χ1) is 6.97. The maximum absolute atomic E-state index is 5.56. The molecule has 0 aromatic rings. The standard InChI is InChI=1S/C6H14O2Si3.C3H9N/c1-4-11(5-2,6-3)8-10-7-9;1-4(2)3/h4-6H,1-3,10H2,9H3;1-3H3. The van der Waals surface area contributed by atoms with Crippen LogP contribution in [0.25, 0.3) is 0 Å². The normalized spacial score (nSPS) is 11.2. The fraction of sp³-hybridized carbons (Fsp3) is 0.333. The van der Waals surface area contributed by atoms with Crippen LogP contribution in [0, 0.1) is 0 Å². The summed E-state index contributed by atoms with van der Waals surface area (Å²) >= 11 is 0. The first-order valence-electron chi connectivity index (χ1n) is 4.62. The minimum absolute atomic E-state index is 0.746. The summed E-state index contributed by atoms with van der Waals surface area (Å²) in [5, 5.41) is 0. The van der Waals surface area contributed by atoms with Crippen molar-refractivity contribution in [2.24, 2.45) is 0 Å². The van der Waals surface area contributed by atoms with E-state index in [4.69, 9.17) is 8.23 Å². The molecule has 0 radical (unpaired) electrons. The van der Waals surface area contributed by atoms with E-state index in [-0.39, 0.29) is 0 Å². The van der Waals surface area contributed by atoms with Crippen molar-refractivity contribution >= 4 is 28.8 Å². The van der Waals surface area contributed by atoms with Crippen molar-refractivity contribution in [3.8, 4) is 0 Å². The summed E-state index contributed by atoms with van der Waals surface area (Å²) in [4.78, 5) is 2.00. The highest BCUT2D eigenvalue weighted by Gasteiger charge is 2.22. The van der Waals surface area contributed by atoms with E-state index in [9.17, 15) is 0 Å². The van der Waals surface area contributed by atoms with Crippen LogP contribution in [0.4, 0.5) is 0 Å². The number of hydrogen-bond acceptors (Lipinski definition) is 3. The van der Waals surface area contributed by atoms with Gasteiger partial charge in [-0.15, -0.1) is 19.7 Å². The predicted octanol–water partition coefficient (Wildman–Crippen LogP) is -0.402. The van der Waals surface area contributed by atoms with Crippen molar-refractivity contribution in [3.63, 3.8) is 0 Å². The lowest BCUT2D eigenvalue weighted by Crippen LogP contribution is -2.34. The minimum atomic E-state index is -1.99. The molecule has 0 aromatic carbocycles. The van der Waals surface area contributed by atoms with E-state index in [0.29, 0.717) is 0 Å². The van der Waals surface area contributed by atoms with Crippen LogP contribution in [0.15, 0.2) is 36.8 Å². The van der Waals surface area contributed by atoms with Gasteiger partial charge in [0.15, 0.2) is 0 Å². The molecule has 0 bridgehead atoms. The van der Waals surface area contributed by atoms with Crippen molar-refractivity contribution < 1.29 is 8.23 Å². The Hall–Kier alpha value is -0.249. The summed E-state index contributed by atoms with van der Waals surface area (Å²) in [6.07, 6.45) is 0. The maximum Gasteiger partial charge on any atom is 0.283 e. The minimum Gasteiger partial charge on any atom is -0.449 e. The van der Waals surface area contributed by atoms with E-state index in [2.05, 4.69) is 19.7 Å². The van der Waals surface area contributed by atoms with Gasteiger partial charge in [-0.1, -0.05) is 17.1 Å². The molecule has 0 fully saturated rings. The Labute approximate surface area is 100 Å². The number of hydrogen-bond donors (Lipinski definition) is 0. The number of rotatable bonds is 6. The fourth-order valence-electron chi connectivity index (χ4n) is 0.588. The zero-order valence-electron chi connectivity index (χ0n) is 10.3. The Bertz CT molecular complexity index is 173. The number of nitrogens with zero attached hydrogens (tertiary/aromatic N) is 1. The van der Waals surface area contributed by atoms with E-state index in [0.717, 1.165) is 10.5 Å². The summed E-state index contributed by atoms with van der Waals surface area (Å²) in [6, 6.07) is 0. The zero-order valence-corrected chi connectivity index (χ0v) is 14.7. The summed E-state index contributed by atoms with van der Waals surface area (Å²) < 4.78 is 10.6. The molecule has 6 heteroatoms. The second-order valence-electron chi connectivity index (χ2n) is 3.36. The Balaban J connectivity index is 0. The predicted molar refractivity (Wildman–Crippen MR) is 76.6 cm³/mol. The zero-order chi connectivity index (χ0) is 12.3. The highest BCUT2D eigenvalue weighted by Crippen LogP contribution is 2.07. The Kier molecular flexibility index (Phi) is 11.8. The van der Waals surface area contributed by atoms with E-state index < -0.39 is 18.3 Å². The van der Waals surface area contributed by atoms with Crippen molar-refractivity contribution in [2.45, 2.75) is 0 Å². The van der Waals surface area contributed by atoms with Gasteiger partial charge in [0.2, 0.25) is 0 Å². The van der Waals surface area contributed by atoms with Crippen molar-refractivity contribution in [1.29, 1.82) is 0 Å². The molecule has 0 N–H and O–H groups in total. The first-order valence-corrected chi connectivity index (χ1v) is 8.73. The van der Waals surface area contributed by atoms with Gasteiger partial charge in [-0.2, -0.15) is 0 Å². The lowest BCUT2D eigenvalue weighted by Gasteiger charge is -2.19. The van der Waals surface area contributed by atoms with Crippen LogP contribution >= 0.6 is 0 Å². The van der Waals surface area contributed by atoms with Gasteiger partial charge in [0.05, 0.1) is 0 Å². The fourth-order valence-corrected chi connectivity index (χ4v) is 4.85. The quantitative estimate of drug-likeness (QED) is 0.607. The molecule has 0 spiro atoms. The molecular weight excluding hydrogens is 238 g/mol. The maximum atomic E-state index is 5.56. The van der Waals surface area contributed by atoms with Crippen LogP contribution in [0.2, 0.25) is 0 Å². The highest BCUT2D eigenvalue weighted by atomic mass is 28.4. The molecule has 0 aliphatic heterocycles. The van der Waals surface area contributed by atoms with Gasteiger partial charge in [-0.25, -0.2) is 0 Å². The average Bonchev–Trinajstić information content (AvgIpc) is 2.20. The highest BCUT2D eigenvalue weighted by molar-refractivity contribution is 6.90. The Morgan fingerprint density at radius 2 is 1.47 bits per heavy atom. The molecular formula is C9H23NO2Si3. The summed E-state index contributed by atoms with van der Waals surface area (Å²) in [5.41, 5.74) is 5.42. The third-order valence-corrected chi connectivity index (χ3v) is 6.71. The molecule has 0 aromatic heterocycles. The average molecular weight is 262 g/mol. The largest absolute Gasteiger partial charge is 0.449 e. The van der Waals surface area contributed by atoms with Gasteiger partial charge in [0.25, 0.3) is 18.3 Å². The van der Waals surface area contributed by atoms with E-state index in [1.165, 1.54) is 0 Å². The SMILES string of the molecule is C=C[Si](C=C)(C=C)O[SiH2]O[SiH3].CN(C)C. The van der Waals surface area contributed by atoms with Crippen LogP contribution in [0.3, 0.4) is 0 Å². The first kappa shape index (κ1) is 17.2. The molecule has 0 unspecified atom stereocenters. The Morgan fingerprint density at radius 1 is 1.13 bits per heavy atom. The summed E-state index contributed by atoms with van der Waals surface area (Å²) in [5.74, 6) is 0. The van der Waals surface area contributed by atoms with E-state index in [1.54, 1.807) is 17.1 Å². The molecule has 0 aliphatic rings. The molecule has 0 amide bonds. The third-order valence-electron chi connectivity index (χ3n) is 1.38. The van der Waals surface area contributed by atoms with Crippen molar-refractivity contribution in [1.82, 2.24) is 4.90 Å². The second kappa shape index (κ2) is 10.3. The molecule has 0 aliphatic carbocycles. The monoisotopic (exact) mass is 261 g/mol. The van der Waals surface area contributed by atoms with Gasteiger partial charge in [-0.05, 0) is 21.1 Å². The Morgan fingerprint density at radius 3 is 1.67 bits per heavy atom. The van der Waals surface area contributed by atoms with Gasteiger partial charge >= 0.3 is 0 Å². The molecule has 15 heavy (non-hydrogen) atoms. The van der Waals surface area contributed by atoms with Crippen LogP contribution in [0.5, 0.6) is 0 Å². The van der Waals surface area contributed by atoms with E-state index in [1.807, 2.05) is 26.0 Å². The van der Waals surface area contributed by atoms with Crippen molar-refractivity contribution in [3.05, 3.63) is 36.8 Å². The van der Waals surface area contributed by atoms with E-state index >= 15 is 0 Å². The van der Waals surface area contributed by atoms with Gasteiger partial charge in [0.1, 0.15) is 10.5 Å². The molecule has 3 nitrogen and oxygen atoms in total.